The van der Waals surface area contributed by atoms with Crippen LogP contribution in [0, 0.1) is 10.1 Å². The molecule has 0 saturated heterocycles. The van der Waals surface area contributed by atoms with Crippen LogP contribution in [0.3, 0.4) is 0 Å². The summed E-state index contributed by atoms with van der Waals surface area (Å²) in [6, 6.07) is 12.6. The summed E-state index contributed by atoms with van der Waals surface area (Å²) in [5.41, 5.74) is 5.93. The Morgan fingerprint density at radius 1 is 0.816 bits per heavy atom. The summed E-state index contributed by atoms with van der Waals surface area (Å²) >= 11 is 26.2. The lowest BCUT2D eigenvalue weighted by atomic mass is 10.4. The fourth-order valence-corrected chi connectivity index (χ4v) is 4.84. The molecule has 3 heterocycles. The molecule has 0 aliphatic rings. The van der Waals surface area contributed by atoms with Gasteiger partial charge in [0.25, 0.3) is 10.0 Å². The molecule has 0 amide bonds. The summed E-state index contributed by atoms with van der Waals surface area (Å²) in [4.78, 5) is 21.0. The zero-order valence-corrected chi connectivity index (χ0v) is 26.4. The minimum absolute atomic E-state index is 0.0951. The third-order valence-electron chi connectivity index (χ3n) is 3.92. The number of benzene rings is 1. The standard InChI is InChI=1S/C11H8BrClN2O2S.C5H2BrClN2O2.C5H4BrClN2/c12-8-6-10(11(13)14-7-8)15-18(16,17)9-4-2-1-3-5-9;6-3-1-4(9(10)11)5(7)8-2-3;6-3-1-4(8)5(7)9-2-3/h1-7,15H;1-2H;1-2H,8H2. The number of sulfonamides is 1. The highest BCUT2D eigenvalue weighted by molar-refractivity contribution is 9.11. The number of halogens is 6. The largest absolute Gasteiger partial charge is 0.396 e. The number of anilines is 2. The summed E-state index contributed by atoms with van der Waals surface area (Å²) in [5.74, 6) is 0. The Labute approximate surface area is 257 Å². The zero-order chi connectivity index (χ0) is 28.5. The van der Waals surface area contributed by atoms with Gasteiger partial charge in [-0.15, -0.1) is 0 Å². The Bertz CT molecular complexity index is 1540. The van der Waals surface area contributed by atoms with E-state index >= 15 is 0 Å². The van der Waals surface area contributed by atoms with E-state index in [1.54, 1.807) is 36.5 Å². The molecule has 1 aromatic carbocycles. The van der Waals surface area contributed by atoms with Crippen molar-refractivity contribution in [2.24, 2.45) is 0 Å². The maximum Gasteiger partial charge on any atom is 0.307 e. The Balaban J connectivity index is 0.000000217. The number of nitrogen functional groups attached to an aromatic ring is 1. The molecule has 0 saturated carbocycles. The fourth-order valence-electron chi connectivity index (χ4n) is 2.28. The Morgan fingerprint density at radius 3 is 1.82 bits per heavy atom. The van der Waals surface area contributed by atoms with Gasteiger partial charge in [-0.1, -0.05) is 53.0 Å². The van der Waals surface area contributed by atoms with Crippen LogP contribution in [0.4, 0.5) is 17.1 Å². The first-order chi connectivity index (χ1) is 17.8. The highest BCUT2D eigenvalue weighted by Crippen LogP contribution is 2.26. The normalized spacial score (nSPS) is 10.4. The van der Waals surface area contributed by atoms with Gasteiger partial charge in [-0.2, -0.15) is 0 Å². The van der Waals surface area contributed by atoms with Crippen molar-refractivity contribution in [2.45, 2.75) is 4.90 Å². The molecular formula is C21H14Br3Cl3N6O4S. The van der Waals surface area contributed by atoms with Crippen molar-refractivity contribution in [3.8, 4) is 0 Å². The molecule has 0 radical (unpaired) electrons. The lowest BCUT2D eigenvalue weighted by Gasteiger charge is -2.09. The topological polar surface area (TPSA) is 154 Å². The van der Waals surface area contributed by atoms with E-state index in [2.05, 4.69) is 67.5 Å². The molecule has 0 aliphatic carbocycles. The molecule has 4 rings (SSSR count). The maximum absolute atomic E-state index is 12.1. The molecule has 17 heteroatoms. The SMILES string of the molecule is Nc1cc(Br)cnc1Cl.O=S(=O)(Nc1cc(Br)cnc1Cl)c1ccccc1.O=[N+]([O-])c1cc(Br)cnc1Cl. The smallest absolute Gasteiger partial charge is 0.307 e. The number of nitrogens with one attached hydrogen (secondary N) is 1. The Morgan fingerprint density at radius 2 is 1.32 bits per heavy atom. The molecule has 3 aromatic heterocycles. The van der Waals surface area contributed by atoms with Crippen molar-refractivity contribution < 1.29 is 13.3 Å². The molecular weight excluding hydrogens is 778 g/mol. The van der Waals surface area contributed by atoms with E-state index < -0.39 is 14.9 Å². The average molecular weight is 793 g/mol. The van der Waals surface area contributed by atoms with E-state index in [0.29, 0.717) is 19.8 Å². The number of nitrogens with two attached hydrogens (primary N) is 1. The van der Waals surface area contributed by atoms with Crippen LogP contribution in [0.5, 0.6) is 0 Å². The molecule has 0 unspecified atom stereocenters. The summed E-state index contributed by atoms with van der Waals surface area (Å²) < 4.78 is 28.5. The number of hydrogen-bond donors (Lipinski definition) is 2. The van der Waals surface area contributed by atoms with Crippen LogP contribution in [-0.2, 0) is 10.0 Å². The number of nitrogens with zero attached hydrogens (tertiary/aromatic N) is 4. The first-order valence-electron chi connectivity index (χ1n) is 9.71. The summed E-state index contributed by atoms with van der Waals surface area (Å²) in [5, 5.41) is 10.6. The van der Waals surface area contributed by atoms with Gasteiger partial charge in [0.05, 0.1) is 21.2 Å². The maximum atomic E-state index is 12.1. The molecule has 0 aliphatic heterocycles. The van der Waals surface area contributed by atoms with Crippen molar-refractivity contribution in [1.29, 1.82) is 0 Å². The molecule has 200 valence electrons. The molecule has 10 nitrogen and oxygen atoms in total. The summed E-state index contributed by atoms with van der Waals surface area (Å²) in [6.45, 7) is 0. The third kappa shape index (κ3) is 10.2. The number of nitro groups is 1. The molecule has 0 atom stereocenters. The summed E-state index contributed by atoms with van der Waals surface area (Å²) in [7, 11) is -3.65. The van der Waals surface area contributed by atoms with Gasteiger partial charge in [-0.05, 0) is 72.1 Å². The van der Waals surface area contributed by atoms with Gasteiger partial charge in [0.2, 0.25) is 5.15 Å². The molecule has 4 aromatic rings. The predicted octanol–water partition coefficient (Wildman–Crippen LogP) is 7.78. The second-order valence-electron chi connectivity index (χ2n) is 6.66. The van der Waals surface area contributed by atoms with Crippen LogP contribution >= 0.6 is 82.6 Å². The lowest BCUT2D eigenvalue weighted by Crippen LogP contribution is -2.13. The highest BCUT2D eigenvalue weighted by Gasteiger charge is 2.16. The van der Waals surface area contributed by atoms with Crippen LogP contribution in [0.15, 0.2) is 85.4 Å². The van der Waals surface area contributed by atoms with Gasteiger partial charge in [-0.25, -0.2) is 23.4 Å². The second kappa shape index (κ2) is 14.9. The highest BCUT2D eigenvalue weighted by atomic mass is 79.9. The number of pyridine rings is 3. The van der Waals surface area contributed by atoms with E-state index in [1.807, 2.05) is 0 Å². The monoisotopic (exact) mass is 788 g/mol. The molecule has 0 fully saturated rings. The minimum Gasteiger partial charge on any atom is -0.396 e. The van der Waals surface area contributed by atoms with Crippen molar-refractivity contribution >= 4 is 110 Å². The third-order valence-corrected chi connectivity index (χ3v) is 7.51. The molecule has 0 bridgehead atoms. The van der Waals surface area contributed by atoms with Crippen LogP contribution in [0.25, 0.3) is 0 Å². The van der Waals surface area contributed by atoms with Crippen molar-refractivity contribution in [2.75, 3.05) is 10.5 Å². The first-order valence-corrected chi connectivity index (χ1v) is 14.7. The van der Waals surface area contributed by atoms with Crippen LogP contribution in [0.1, 0.15) is 0 Å². The van der Waals surface area contributed by atoms with Gasteiger partial charge in [0.1, 0.15) is 0 Å². The van der Waals surface area contributed by atoms with Crippen molar-refractivity contribution in [3.05, 3.63) is 106 Å². The van der Waals surface area contributed by atoms with E-state index in [1.165, 1.54) is 30.6 Å². The second-order valence-corrected chi connectivity index (χ2v) is 12.2. The number of hydrogen-bond acceptors (Lipinski definition) is 8. The first kappa shape index (κ1) is 32.1. The van der Waals surface area contributed by atoms with Crippen LogP contribution < -0.4 is 10.5 Å². The van der Waals surface area contributed by atoms with Crippen molar-refractivity contribution in [3.63, 3.8) is 0 Å². The zero-order valence-electron chi connectivity index (χ0n) is 18.5. The predicted molar refractivity (Wildman–Crippen MR) is 159 cm³/mol. The quantitative estimate of drug-likeness (QED) is 0.121. The molecule has 38 heavy (non-hydrogen) atoms. The minimum atomic E-state index is -3.65. The molecule has 3 N–H and O–H groups in total. The van der Waals surface area contributed by atoms with Gasteiger partial charge in [-0.3, -0.25) is 14.8 Å². The Hall–Kier alpha value is -2.07. The van der Waals surface area contributed by atoms with Gasteiger partial charge in [0, 0.05) is 38.1 Å². The number of rotatable bonds is 4. The lowest BCUT2D eigenvalue weighted by molar-refractivity contribution is -0.385. The van der Waals surface area contributed by atoms with Crippen LogP contribution in [0.2, 0.25) is 15.5 Å². The van der Waals surface area contributed by atoms with Gasteiger partial charge >= 0.3 is 5.69 Å². The Kier molecular flexibility index (Phi) is 12.6. The van der Waals surface area contributed by atoms with Gasteiger partial charge < -0.3 is 5.73 Å². The van der Waals surface area contributed by atoms with Gasteiger partial charge in [0.15, 0.2) is 10.3 Å². The molecule has 0 spiro atoms. The van der Waals surface area contributed by atoms with Crippen molar-refractivity contribution in [1.82, 2.24) is 15.0 Å². The van der Waals surface area contributed by atoms with E-state index in [-0.39, 0.29) is 26.6 Å². The van der Waals surface area contributed by atoms with E-state index in [4.69, 9.17) is 40.5 Å². The van der Waals surface area contributed by atoms with Crippen LogP contribution in [-0.4, -0.2) is 28.3 Å². The van der Waals surface area contributed by atoms with E-state index in [9.17, 15) is 18.5 Å². The fraction of sp³-hybridized carbons (Fsp3) is 0. The summed E-state index contributed by atoms with van der Waals surface area (Å²) in [6.07, 6.45) is 4.48. The van der Waals surface area contributed by atoms with E-state index in [0.717, 1.165) is 4.47 Å². The average Bonchev–Trinajstić information content (AvgIpc) is 2.86. The number of aromatic nitrogens is 3.